The lowest BCUT2D eigenvalue weighted by atomic mass is 9.84. The highest BCUT2D eigenvalue weighted by Gasteiger charge is 2.34. The molecule has 31 heavy (non-hydrogen) atoms. The van der Waals surface area contributed by atoms with Gasteiger partial charge in [-0.2, -0.15) is 0 Å². The number of hydrogen-bond donors (Lipinski definition) is 1. The molecular formula is C26H28N4O. The van der Waals surface area contributed by atoms with Crippen molar-refractivity contribution in [2.45, 2.75) is 44.6 Å². The van der Waals surface area contributed by atoms with E-state index >= 15 is 0 Å². The number of nitrogens with zero attached hydrogens (tertiary/aromatic N) is 4. The van der Waals surface area contributed by atoms with Crippen molar-refractivity contribution in [2.24, 2.45) is 5.92 Å². The highest BCUT2D eigenvalue weighted by molar-refractivity contribution is 5.93. The molecule has 2 aliphatic rings. The molecule has 0 bridgehead atoms. The van der Waals surface area contributed by atoms with Crippen LogP contribution in [0.1, 0.15) is 54.4 Å². The minimum atomic E-state index is -0.436. The minimum Gasteiger partial charge on any atom is -0.388 e. The summed E-state index contributed by atoms with van der Waals surface area (Å²) in [5.41, 5.74) is 7.08. The van der Waals surface area contributed by atoms with Gasteiger partial charge < -0.3 is 14.4 Å². The zero-order valence-corrected chi connectivity index (χ0v) is 17.9. The molecule has 1 saturated carbocycles. The highest BCUT2D eigenvalue weighted by Crippen LogP contribution is 2.46. The summed E-state index contributed by atoms with van der Waals surface area (Å²) in [6.45, 7) is 4.03. The van der Waals surface area contributed by atoms with Gasteiger partial charge in [0.2, 0.25) is 0 Å². The van der Waals surface area contributed by atoms with Gasteiger partial charge in [-0.3, -0.25) is 4.98 Å². The molecule has 1 saturated heterocycles. The third kappa shape index (κ3) is 3.19. The molecule has 0 unspecified atom stereocenters. The van der Waals surface area contributed by atoms with E-state index in [1.54, 1.807) is 0 Å². The van der Waals surface area contributed by atoms with Gasteiger partial charge in [0, 0.05) is 42.1 Å². The topological polar surface area (TPSA) is 53.7 Å². The summed E-state index contributed by atoms with van der Waals surface area (Å²) in [6, 6.07) is 10.8. The fraction of sp³-hybridized carbons (Fsp3) is 0.385. The number of anilines is 1. The summed E-state index contributed by atoms with van der Waals surface area (Å²) in [6.07, 6.45) is 11.7. The van der Waals surface area contributed by atoms with Gasteiger partial charge in [-0.1, -0.05) is 6.07 Å². The van der Waals surface area contributed by atoms with Crippen LogP contribution in [-0.4, -0.2) is 32.6 Å². The summed E-state index contributed by atoms with van der Waals surface area (Å²) >= 11 is 0. The molecule has 0 radical (unpaired) electrons. The lowest BCUT2D eigenvalue weighted by Crippen LogP contribution is -2.36. The number of fused-ring (bicyclic) bond motifs is 2. The maximum atomic E-state index is 11.5. The van der Waals surface area contributed by atoms with Crippen LogP contribution in [0.2, 0.25) is 0 Å². The van der Waals surface area contributed by atoms with Crippen LogP contribution < -0.4 is 4.90 Å². The monoisotopic (exact) mass is 412 g/mol. The van der Waals surface area contributed by atoms with E-state index < -0.39 is 6.10 Å². The molecule has 4 heterocycles. The van der Waals surface area contributed by atoms with Gasteiger partial charge in [-0.15, -0.1) is 0 Å². The molecule has 3 aromatic heterocycles. The molecule has 4 aromatic rings. The van der Waals surface area contributed by atoms with Crippen molar-refractivity contribution < 1.29 is 5.11 Å². The fourth-order valence-corrected chi connectivity index (χ4v) is 5.37. The quantitative estimate of drug-likeness (QED) is 0.511. The molecule has 2 fully saturated rings. The Balaban J connectivity index is 1.27. The first-order chi connectivity index (χ1) is 15.2. The molecule has 0 amide bonds. The van der Waals surface area contributed by atoms with E-state index in [1.807, 2.05) is 29.2 Å². The molecule has 0 spiro atoms. The number of rotatable bonds is 4. The maximum absolute atomic E-state index is 11.5. The first-order valence-corrected chi connectivity index (χ1v) is 11.4. The Morgan fingerprint density at radius 1 is 1.06 bits per heavy atom. The van der Waals surface area contributed by atoms with Crippen molar-refractivity contribution in [1.29, 1.82) is 0 Å². The Bertz CT molecular complexity index is 1250. The van der Waals surface area contributed by atoms with Crippen LogP contribution in [-0.2, 0) is 0 Å². The second-order valence-corrected chi connectivity index (χ2v) is 9.22. The second kappa shape index (κ2) is 7.34. The average Bonchev–Trinajstić information content (AvgIpc) is 3.55. The molecule has 158 valence electrons. The van der Waals surface area contributed by atoms with E-state index in [1.165, 1.54) is 35.0 Å². The summed E-state index contributed by atoms with van der Waals surface area (Å²) in [5.74, 6) is 0.876. The lowest BCUT2D eigenvalue weighted by Gasteiger charge is -2.37. The zero-order chi connectivity index (χ0) is 20.9. The number of imidazole rings is 1. The van der Waals surface area contributed by atoms with Crippen LogP contribution in [0.15, 0.2) is 55.2 Å². The average molecular weight is 413 g/mol. The number of aliphatic hydroxyl groups excluding tert-OH is 1. The smallest absolute Gasteiger partial charge is 0.0992 e. The summed E-state index contributed by atoms with van der Waals surface area (Å²) in [7, 11) is 0. The van der Waals surface area contributed by atoms with Gasteiger partial charge in [-0.25, -0.2) is 4.98 Å². The summed E-state index contributed by atoms with van der Waals surface area (Å²) in [4.78, 5) is 11.4. The number of aliphatic hydroxyl groups is 1. The van der Waals surface area contributed by atoms with Crippen molar-refractivity contribution in [3.63, 3.8) is 0 Å². The lowest BCUT2D eigenvalue weighted by molar-refractivity contribution is 0.0932. The number of aromatic nitrogens is 3. The normalized spacial score (nSPS) is 18.7. The SMILES string of the molecule is Cc1ccc(N2CCC([C@H](O)c3c(C4CC4)ccn4cncc34)CC2)c2cccnc12. The van der Waals surface area contributed by atoms with Crippen LogP contribution in [0, 0.1) is 12.8 Å². The Morgan fingerprint density at radius 2 is 1.90 bits per heavy atom. The number of hydrogen-bond acceptors (Lipinski definition) is 4. The van der Waals surface area contributed by atoms with E-state index in [4.69, 9.17) is 0 Å². The fourth-order valence-electron chi connectivity index (χ4n) is 5.37. The Labute approximate surface area is 182 Å². The highest BCUT2D eigenvalue weighted by atomic mass is 16.3. The summed E-state index contributed by atoms with van der Waals surface area (Å²) in [5, 5.41) is 12.7. The van der Waals surface area contributed by atoms with Gasteiger partial charge in [0.1, 0.15) is 0 Å². The predicted octanol–water partition coefficient (Wildman–Crippen LogP) is 5.02. The molecule has 6 rings (SSSR count). The minimum absolute atomic E-state index is 0.268. The van der Waals surface area contributed by atoms with Crippen molar-refractivity contribution >= 4 is 22.1 Å². The van der Waals surface area contributed by atoms with Gasteiger partial charge in [0.05, 0.1) is 29.7 Å². The van der Waals surface area contributed by atoms with Gasteiger partial charge in [-0.05, 0) is 79.8 Å². The standard InChI is InChI=1S/C26H28N4O/c1-17-4-7-22(21-3-2-11-28-25(17)21)29-12-8-19(9-13-29)26(31)24-20(18-5-6-18)10-14-30-16-27-15-23(24)30/h2-4,7,10-11,14-16,18-19,26,31H,5-6,8-9,12-13H2,1H3/t26-/m0/s1. The zero-order valence-electron chi connectivity index (χ0n) is 17.9. The molecule has 5 nitrogen and oxygen atoms in total. The second-order valence-electron chi connectivity index (χ2n) is 9.22. The Hall–Kier alpha value is -2.92. The van der Waals surface area contributed by atoms with Crippen LogP contribution in [0.3, 0.4) is 0 Å². The van der Waals surface area contributed by atoms with Gasteiger partial charge in [0.25, 0.3) is 0 Å². The van der Waals surface area contributed by atoms with Crippen molar-refractivity contribution in [1.82, 2.24) is 14.4 Å². The molecule has 1 aliphatic carbocycles. The first kappa shape index (κ1) is 18.8. The van der Waals surface area contributed by atoms with E-state index in [9.17, 15) is 5.11 Å². The number of aryl methyl sites for hydroxylation is 1. The van der Waals surface area contributed by atoms with Crippen molar-refractivity contribution in [3.8, 4) is 0 Å². The van der Waals surface area contributed by atoms with E-state index in [2.05, 4.69) is 52.3 Å². The largest absolute Gasteiger partial charge is 0.388 e. The van der Waals surface area contributed by atoms with Gasteiger partial charge in [0.15, 0.2) is 0 Å². The Kier molecular flexibility index (Phi) is 4.46. The van der Waals surface area contributed by atoms with E-state index in [-0.39, 0.29) is 5.92 Å². The third-order valence-corrected chi connectivity index (χ3v) is 7.26. The number of benzene rings is 1. The van der Waals surface area contributed by atoms with Crippen LogP contribution >= 0.6 is 0 Å². The van der Waals surface area contributed by atoms with Crippen molar-refractivity contribution in [2.75, 3.05) is 18.0 Å². The van der Waals surface area contributed by atoms with Crippen molar-refractivity contribution in [3.05, 3.63) is 71.9 Å². The first-order valence-electron chi connectivity index (χ1n) is 11.4. The molecule has 1 aromatic carbocycles. The third-order valence-electron chi connectivity index (χ3n) is 7.26. The number of pyridine rings is 2. The molecule has 1 N–H and O–H groups in total. The van der Waals surface area contributed by atoms with Crippen LogP contribution in [0.5, 0.6) is 0 Å². The molecular weight excluding hydrogens is 384 g/mol. The van der Waals surface area contributed by atoms with Crippen LogP contribution in [0.25, 0.3) is 16.4 Å². The molecule has 5 heteroatoms. The predicted molar refractivity (Wildman–Crippen MR) is 124 cm³/mol. The van der Waals surface area contributed by atoms with E-state index in [0.717, 1.165) is 42.5 Å². The molecule has 1 atom stereocenters. The van der Waals surface area contributed by atoms with E-state index in [0.29, 0.717) is 5.92 Å². The van der Waals surface area contributed by atoms with Crippen LogP contribution in [0.4, 0.5) is 5.69 Å². The summed E-state index contributed by atoms with van der Waals surface area (Å²) < 4.78 is 2.05. The Morgan fingerprint density at radius 3 is 2.71 bits per heavy atom. The van der Waals surface area contributed by atoms with Gasteiger partial charge >= 0.3 is 0 Å². The molecule has 1 aliphatic heterocycles. The maximum Gasteiger partial charge on any atom is 0.0992 e. The number of piperidine rings is 1.